The van der Waals surface area contributed by atoms with Gasteiger partial charge in [0.25, 0.3) is 0 Å². The first-order valence-electron chi connectivity index (χ1n) is 4.79. The van der Waals surface area contributed by atoms with Gasteiger partial charge in [-0.2, -0.15) is 0 Å². The van der Waals surface area contributed by atoms with Crippen LogP contribution in [-0.4, -0.2) is 6.54 Å². The minimum Gasteiger partial charge on any atom is -0.399 e. The molecule has 1 aliphatic rings. The highest BCUT2D eigenvalue weighted by atomic mass is 14.9. The van der Waals surface area contributed by atoms with Crippen LogP contribution in [0.2, 0.25) is 0 Å². The van der Waals surface area contributed by atoms with Crippen molar-refractivity contribution < 1.29 is 0 Å². The number of anilines is 2. The molecule has 2 rings (SSSR count). The monoisotopic (exact) mass is 176 g/mol. The first-order valence-corrected chi connectivity index (χ1v) is 4.79. The van der Waals surface area contributed by atoms with Crippen LogP contribution in [0.5, 0.6) is 0 Å². The first kappa shape index (κ1) is 8.42. The molecule has 2 nitrogen and oxygen atoms in total. The largest absolute Gasteiger partial charge is 0.399 e. The molecule has 1 aliphatic heterocycles. The minimum atomic E-state index is 0.269. The maximum atomic E-state index is 5.78. The second kappa shape index (κ2) is 2.66. The van der Waals surface area contributed by atoms with E-state index in [0.29, 0.717) is 0 Å². The van der Waals surface area contributed by atoms with E-state index in [1.165, 1.54) is 11.3 Å². The Hall–Kier alpha value is -1.18. The summed E-state index contributed by atoms with van der Waals surface area (Å²) in [6.45, 7) is 5.54. The number of rotatable bonds is 1. The zero-order valence-electron chi connectivity index (χ0n) is 8.22. The third-order valence-electron chi connectivity index (χ3n) is 3.14. The lowest BCUT2D eigenvalue weighted by Gasteiger charge is -2.21. The van der Waals surface area contributed by atoms with E-state index in [1.807, 2.05) is 6.07 Å². The van der Waals surface area contributed by atoms with Crippen molar-refractivity contribution in [2.45, 2.75) is 25.7 Å². The van der Waals surface area contributed by atoms with Gasteiger partial charge >= 0.3 is 0 Å². The molecule has 1 heterocycles. The highest BCUT2D eigenvalue weighted by Gasteiger charge is 2.32. The van der Waals surface area contributed by atoms with Crippen molar-refractivity contribution in [3.63, 3.8) is 0 Å². The molecule has 0 saturated heterocycles. The molecule has 1 aromatic carbocycles. The molecule has 0 spiro atoms. The lowest BCUT2D eigenvalue weighted by atomic mass is 9.82. The van der Waals surface area contributed by atoms with Crippen molar-refractivity contribution in [2.24, 2.45) is 0 Å². The number of benzene rings is 1. The molecule has 0 saturated carbocycles. The third kappa shape index (κ3) is 1.17. The van der Waals surface area contributed by atoms with Crippen molar-refractivity contribution in [1.82, 2.24) is 0 Å². The van der Waals surface area contributed by atoms with Crippen LogP contribution in [0.15, 0.2) is 18.2 Å². The van der Waals surface area contributed by atoms with Crippen LogP contribution in [0.3, 0.4) is 0 Å². The Morgan fingerprint density at radius 2 is 2.31 bits per heavy atom. The number of nitrogens with one attached hydrogen (secondary N) is 1. The van der Waals surface area contributed by atoms with Gasteiger partial charge in [0, 0.05) is 23.3 Å². The van der Waals surface area contributed by atoms with E-state index >= 15 is 0 Å². The van der Waals surface area contributed by atoms with Crippen molar-refractivity contribution in [3.05, 3.63) is 23.8 Å². The minimum absolute atomic E-state index is 0.269. The van der Waals surface area contributed by atoms with Crippen molar-refractivity contribution >= 4 is 11.4 Å². The molecule has 0 amide bonds. The quantitative estimate of drug-likeness (QED) is 0.645. The summed E-state index contributed by atoms with van der Waals surface area (Å²) in [7, 11) is 0. The van der Waals surface area contributed by atoms with E-state index in [-0.39, 0.29) is 5.41 Å². The van der Waals surface area contributed by atoms with Crippen LogP contribution < -0.4 is 11.1 Å². The molecular formula is C11H16N2. The van der Waals surface area contributed by atoms with E-state index in [2.05, 4.69) is 31.3 Å². The van der Waals surface area contributed by atoms with Crippen LogP contribution in [-0.2, 0) is 5.41 Å². The number of nitrogen functional groups attached to an aromatic ring is 1. The average Bonchev–Trinajstić information content (AvgIpc) is 2.45. The summed E-state index contributed by atoms with van der Waals surface area (Å²) in [6, 6.07) is 6.12. The van der Waals surface area contributed by atoms with Gasteiger partial charge in [-0.15, -0.1) is 0 Å². The molecule has 2 heteroatoms. The zero-order chi connectivity index (χ0) is 9.47. The Kier molecular flexibility index (Phi) is 1.72. The normalized spacial score (nSPS) is 25.4. The van der Waals surface area contributed by atoms with E-state index in [4.69, 9.17) is 5.73 Å². The summed E-state index contributed by atoms with van der Waals surface area (Å²) in [4.78, 5) is 0. The maximum absolute atomic E-state index is 5.78. The van der Waals surface area contributed by atoms with Crippen LogP contribution in [0.4, 0.5) is 11.4 Å². The van der Waals surface area contributed by atoms with Gasteiger partial charge in [-0.25, -0.2) is 0 Å². The summed E-state index contributed by atoms with van der Waals surface area (Å²) >= 11 is 0. The Balaban J connectivity index is 2.52. The molecule has 13 heavy (non-hydrogen) atoms. The van der Waals surface area contributed by atoms with Crippen LogP contribution in [0.25, 0.3) is 0 Å². The van der Waals surface area contributed by atoms with E-state index in [1.54, 1.807) is 0 Å². The number of nitrogens with two attached hydrogens (primary N) is 1. The van der Waals surface area contributed by atoms with Crippen molar-refractivity contribution in [2.75, 3.05) is 17.6 Å². The smallest absolute Gasteiger partial charge is 0.0380 e. The van der Waals surface area contributed by atoms with Gasteiger partial charge in [-0.05, 0) is 30.2 Å². The molecule has 0 aromatic heterocycles. The fourth-order valence-electron chi connectivity index (χ4n) is 1.92. The molecule has 70 valence electrons. The van der Waals surface area contributed by atoms with Crippen LogP contribution in [0, 0.1) is 0 Å². The molecule has 0 unspecified atom stereocenters. The molecule has 1 aromatic rings. The fourth-order valence-corrected chi connectivity index (χ4v) is 1.92. The topological polar surface area (TPSA) is 38.0 Å². The van der Waals surface area contributed by atoms with Crippen molar-refractivity contribution in [1.29, 1.82) is 0 Å². The highest BCUT2D eigenvalue weighted by Crippen LogP contribution is 2.39. The predicted octanol–water partition coefficient (Wildman–Crippen LogP) is 2.36. The summed E-state index contributed by atoms with van der Waals surface area (Å²) in [5.41, 5.74) is 9.53. The maximum Gasteiger partial charge on any atom is 0.0380 e. The van der Waals surface area contributed by atoms with Crippen LogP contribution >= 0.6 is 0 Å². The Labute approximate surface area is 79.1 Å². The molecule has 1 atom stereocenters. The Morgan fingerprint density at radius 3 is 3.00 bits per heavy atom. The van der Waals surface area contributed by atoms with Gasteiger partial charge < -0.3 is 11.1 Å². The molecule has 0 bridgehead atoms. The van der Waals surface area contributed by atoms with Gasteiger partial charge in [0.2, 0.25) is 0 Å². The van der Waals surface area contributed by atoms with Gasteiger partial charge in [0.15, 0.2) is 0 Å². The lowest BCUT2D eigenvalue weighted by Crippen LogP contribution is -2.22. The van der Waals surface area contributed by atoms with Gasteiger partial charge in [-0.1, -0.05) is 13.8 Å². The standard InChI is InChI=1S/C11H16N2/c1-3-11(2)7-13-10-5-4-8(12)6-9(10)11/h4-6,13H,3,7,12H2,1-2H3/t11-/m1/s1. The summed E-state index contributed by atoms with van der Waals surface area (Å²) in [5, 5.41) is 3.41. The highest BCUT2D eigenvalue weighted by molar-refractivity contribution is 5.64. The molecule has 3 N–H and O–H groups in total. The zero-order valence-corrected chi connectivity index (χ0v) is 8.22. The Bertz CT molecular complexity index is 333. The average molecular weight is 176 g/mol. The Morgan fingerprint density at radius 1 is 1.54 bits per heavy atom. The second-order valence-corrected chi connectivity index (χ2v) is 4.07. The molecule has 0 aliphatic carbocycles. The third-order valence-corrected chi connectivity index (χ3v) is 3.14. The molecule has 0 radical (unpaired) electrons. The first-order chi connectivity index (χ1) is 6.15. The fraction of sp³-hybridized carbons (Fsp3) is 0.455. The van der Waals surface area contributed by atoms with Crippen molar-refractivity contribution in [3.8, 4) is 0 Å². The lowest BCUT2D eigenvalue weighted by molar-refractivity contribution is 0.504. The molecular weight excluding hydrogens is 160 g/mol. The van der Waals surface area contributed by atoms with Gasteiger partial charge in [0.1, 0.15) is 0 Å². The van der Waals surface area contributed by atoms with Gasteiger partial charge in [0.05, 0.1) is 0 Å². The van der Waals surface area contributed by atoms with E-state index in [9.17, 15) is 0 Å². The van der Waals surface area contributed by atoms with E-state index < -0.39 is 0 Å². The predicted molar refractivity (Wildman–Crippen MR) is 57.0 cm³/mol. The molecule has 0 fully saturated rings. The SMILES string of the molecule is CC[C@]1(C)CNc2ccc(N)cc21. The number of fused-ring (bicyclic) bond motifs is 1. The summed E-state index contributed by atoms with van der Waals surface area (Å²) in [5.74, 6) is 0. The van der Waals surface area contributed by atoms with Crippen LogP contribution in [0.1, 0.15) is 25.8 Å². The number of hydrogen-bond acceptors (Lipinski definition) is 2. The van der Waals surface area contributed by atoms with Gasteiger partial charge in [-0.3, -0.25) is 0 Å². The summed E-state index contributed by atoms with van der Waals surface area (Å²) < 4.78 is 0. The summed E-state index contributed by atoms with van der Waals surface area (Å²) in [6.07, 6.45) is 1.15. The number of hydrogen-bond donors (Lipinski definition) is 2. The van der Waals surface area contributed by atoms with E-state index in [0.717, 1.165) is 18.7 Å². The second-order valence-electron chi connectivity index (χ2n) is 4.07.